The second-order valence-electron chi connectivity index (χ2n) is 5.26. The molecule has 0 aliphatic rings. The number of carboxylic acids is 1. The minimum absolute atomic E-state index is 0.0232. The van der Waals surface area contributed by atoms with E-state index in [1.165, 1.54) is 12.0 Å². The molecule has 0 aromatic heterocycles. The van der Waals surface area contributed by atoms with Crippen molar-refractivity contribution in [3.63, 3.8) is 0 Å². The van der Waals surface area contributed by atoms with Crippen LogP contribution in [0.5, 0.6) is 0 Å². The number of hydrogen-bond acceptors (Lipinski definition) is 6. The van der Waals surface area contributed by atoms with Gasteiger partial charge in [-0.05, 0) is 12.5 Å². The Bertz CT molecular complexity index is 581. The fourth-order valence-corrected chi connectivity index (χ4v) is 2.71. The summed E-state index contributed by atoms with van der Waals surface area (Å²) >= 11 is 4.14. The number of carbonyl (C=O) groups excluding carboxylic acids is 2. The molecule has 1 amide bonds. The van der Waals surface area contributed by atoms with Crippen LogP contribution in [0.2, 0.25) is 0 Å². The average molecular weight is 354 g/mol. The lowest BCUT2D eigenvalue weighted by Crippen LogP contribution is -2.54. The number of methoxy groups -OCH3 is 1. The molecule has 0 aliphatic heterocycles. The first-order valence-electron chi connectivity index (χ1n) is 7.36. The molecule has 3 atom stereocenters. The molecular formula is C16H22N2O5S. The molecule has 24 heavy (non-hydrogen) atoms. The van der Waals surface area contributed by atoms with Gasteiger partial charge in [-0.2, -0.15) is 12.6 Å². The summed E-state index contributed by atoms with van der Waals surface area (Å²) in [5.74, 6) is -2.44. The third-order valence-corrected chi connectivity index (χ3v) is 3.99. The largest absolute Gasteiger partial charge is 0.481 e. The molecule has 8 heteroatoms. The van der Waals surface area contributed by atoms with E-state index in [0.29, 0.717) is 0 Å². The van der Waals surface area contributed by atoms with Crippen LogP contribution in [0, 0.1) is 0 Å². The van der Waals surface area contributed by atoms with E-state index in [4.69, 9.17) is 15.6 Å². The van der Waals surface area contributed by atoms with Crippen LogP contribution in [0.25, 0.3) is 0 Å². The number of carboxylic acid groups (broad SMARTS) is 1. The van der Waals surface area contributed by atoms with Crippen molar-refractivity contribution in [3.8, 4) is 0 Å². The highest BCUT2D eigenvalue weighted by Crippen LogP contribution is 2.24. The summed E-state index contributed by atoms with van der Waals surface area (Å²) < 4.78 is 4.74. The third kappa shape index (κ3) is 4.97. The second-order valence-corrected chi connectivity index (χ2v) is 5.62. The predicted molar refractivity (Wildman–Crippen MR) is 91.6 cm³/mol. The Balaban J connectivity index is 3.22. The molecule has 132 valence electrons. The molecule has 1 aromatic carbocycles. The molecule has 0 fully saturated rings. The highest BCUT2D eigenvalue weighted by Gasteiger charge is 2.36. The van der Waals surface area contributed by atoms with Crippen molar-refractivity contribution >= 4 is 30.5 Å². The van der Waals surface area contributed by atoms with Crippen molar-refractivity contribution in [2.75, 3.05) is 12.9 Å². The van der Waals surface area contributed by atoms with Gasteiger partial charge in [-0.15, -0.1) is 0 Å². The minimum Gasteiger partial charge on any atom is -0.481 e. The highest BCUT2D eigenvalue weighted by molar-refractivity contribution is 7.80. The maximum Gasteiger partial charge on any atom is 0.329 e. The summed E-state index contributed by atoms with van der Waals surface area (Å²) in [7, 11) is 1.21. The lowest BCUT2D eigenvalue weighted by Gasteiger charge is -2.36. The zero-order chi connectivity index (χ0) is 18.3. The monoisotopic (exact) mass is 354 g/mol. The van der Waals surface area contributed by atoms with Gasteiger partial charge in [0.2, 0.25) is 5.91 Å². The molecule has 0 aliphatic carbocycles. The van der Waals surface area contributed by atoms with Crippen LogP contribution in [-0.4, -0.2) is 52.8 Å². The summed E-state index contributed by atoms with van der Waals surface area (Å²) in [5.41, 5.74) is 6.50. The van der Waals surface area contributed by atoms with Crippen LogP contribution in [0.4, 0.5) is 0 Å². The fraction of sp³-hybridized carbons (Fsp3) is 0.438. The molecule has 1 aromatic rings. The Labute approximate surface area is 146 Å². The van der Waals surface area contributed by atoms with E-state index in [0.717, 1.165) is 5.56 Å². The predicted octanol–water partition coefficient (Wildman–Crippen LogP) is 0.850. The summed E-state index contributed by atoms with van der Waals surface area (Å²) in [4.78, 5) is 36.9. The van der Waals surface area contributed by atoms with Gasteiger partial charge < -0.3 is 20.5 Å². The number of thiol groups is 1. The fourth-order valence-electron chi connectivity index (χ4n) is 2.39. The van der Waals surface area contributed by atoms with Gasteiger partial charge in [-0.1, -0.05) is 30.3 Å². The van der Waals surface area contributed by atoms with Crippen LogP contribution in [0.3, 0.4) is 0 Å². The molecule has 1 rings (SSSR count). The number of hydrogen-bond donors (Lipinski definition) is 3. The van der Waals surface area contributed by atoms with Crippen LogP contribution in [0.1, 0.15) is 24.9 Å². The van der Waals surface area contributed by atoms with E-state index in [1.807, 2.05) is 6.07 Å². The first-order chi connectivity index (χ1) is 11.3. The number of carbonyl (C=O) groups is 3. The summed E-state index contributed by atoms with van der Waals surface area (Å²) in [6.07, 6.45) is -0.530. The molecule has 0 spiro atoms. The zero-order valence-electron chi connectivity index (χ0n) is 13.6. The van der Waals surface area contributed by atoms with E-state index in [2.05, 4.69) is 12.6 Å². The number of ether oxygens (including phenoxy) is 1. The van der Waals surface area contributed by atoms with E-state index in [9.17, 15) is 14.4 Å². The van der Waals surface area contributed by atoms with Gasteiger partial charge in [-0.25, -0.2) is 4.79 Å². The van der Waals surface area contributed by atoms with Gasteiger partial charge in [0, 0.05) is 5.75 Å². The van der Waals surface area contributed by atoms with E-state index in [1.54, 1.807) is 31.2 Å². The van der Waals surface area contributed by atoms with Crippen LogP contribution >= 0.6 is 12.6 Å². The quantitative estimate of drug-likeness (QED) is 0.472. The normalized spacial score (nSPS) is 14.3. The molecule has 0 saturated heterocycles. The van der Waals surface area contributed by atoms with Gasteiger partial charge in [0.05, 0.1) is 25.6 Å². The smallest absolute Gasteiger partial charge is 0.329 e. The first-order valence-corrected chi connectivity index (χ1v) is 7.99. The Morgan fingerprint density at radius 1 is 1.29 bits per heavy atom. The Hall–Kier alpha value is -2.06. The van der Waals surface area contributed by atoms with Gasteiger partial charge in [0.25, 0.3) is 0 Å². The van der Waals surface area contributed by atoms with Crippen molar-refractivity contribution in [2.45, 2.75) is 31.5 Å². The molecule has 1 unspecified atom stereocenters. The number of nitrogens with zero attached hydrogens (tertiary/aromatic N) is 1. The number of aliphatic carboxylic acids is 1. The van der Waals surface area contributed by atoms with Crippen LogP contribution < -0.4 is 5.73 Å². The molecule has 3 N–H and O–H groups in total. The summed E-state index contributed by atoms with van der Waals surface area (Å²) in [6, 6.07) is 6.31. The Kier molecular flexibility index (Phi) is 7.73. The molecule has 0 bridgehead atoms. The summed E-state index contributed by atoms with van der Waals surface area (Å²) in [6.45, 7) is 1.74. The number of esters is 1. The Morgan fingerprint density at radius 2 is 1.88 bits per heavy atom. The van der Waals surface area contributed by atoms with Crippen LogP contribution in [-0.2, 0) is 19.1 Å². The average Bonchev–Trinajstić information content (AvgIpc) is 2.57. The van der Waals surface area contributed by atoms with E-state index in [-0.39, 0.29) is 5.75 Å². The SMILES string of the molecule is COC(=O)[C@@H](CS)N(C(=O)[C@@H](N)CC(=O)O)C(C)c1ccccc1. The molecule has 0 radical (unpaired) electrons. The zero-order valence-corrected chi connectivity index (χ0v) is 14.5. The highest BCUT2D eigenvalue weighted by atomic mass is 32.1. The van der Waals surface area contributed by atoms with E-state index >= 15 is 0 Å². The number of amides is 1. The van der Waals surface area contributed by atoms with Crippen molar-refractivity contribution < 1.29 is 24.2 Å². The van der Waals surface area contributed by atoms with Gasteiger partial charge in [0.1, 0.15) is 6.04 Å². The minimum atomic E-state index is -1.26. The van der Waals surface area contributed by atoms with E-state index < -0.39 is 42.4 Å². The van der Waals surface area contributed by atoms with Gasteiger partial charge in [-0.3, -0.25) is 9.59 Å². The second kappa shape index (κ2) is 9.29. The number of rotatable bonds is 8. The van der Waals surface area contributed by atoms with Crippen molar-refractivity contribution in [1.29, 1.82) is 0 Å². The van der Waals surface area contributed by atoms with Crippen molar-refractivity contribution in [3.05, 3.63) is 35.9 Å². The number of benzene rings is 1. The molecule has 0 saturated carbocycles. The maximum absolute atomic E-state index is 12.7. The topological polar surface area (TPSA) is 110 Å². The van der Waals surface area contributed by atoms with Crippen LogP contribution in [0.15, 0.2) is 30.3 Å². The number of nitrogens with two attached hydrogens (primary N) is 1. The third-order valence-electron chi connectivity index (χ3n) is 3.65. The first kappa shape index (κ1) is 20.0. The summed E-state index contributed by atoms with van der Waals surface area (Å²) in [5, 5.41) is 8.86. The lowest BCUT2D eigenvalue weighted by molar-refractivity contribution is -0.155. The molecule has 7 nitrogen and oxygen atoms in total. The molecular weight excluding hydrogens is 332 g/mol. The lowest BCUT2D eigenvalue weighted by atomic mass is 10.0. The molecule has 0 heterocycles. The van der Waals surface area contributed by atoms with Gasteiger partial charge in [0.15, 0.2) is 0 Å². The van der Waals surface area contributed by atoms with Crippen molar-refractivity contribution in [1.82, 2.24) is 4.90 Å². The standard InChI is InChI=1S/C16H22N2O5S/c1-10(11-6-4-3-5-7-11)18(13(9-24)16(22)23-2)15(21)12(17)8-14(19)20/h3-7,10,12-13,24H,8-9,17H2,1-2H3,(H,19,20)/t10?,12-,13+/m0/s1. The Morgan fingerprint density at radius 3 is 2.33 bits per heavy atom. The maximum atomic E-state index is 12.7. The van der Waals surface area contributed by atoms with Crippen molar-refractivity contribution in [2.24, 2.45) is 5.73 Å². The van der Waals surface area contributed by atoms with Gasteiger partial charge >= 0.3 is 11.9 Å².